The third kappa shape index (κ3) is 4.15. The topological polar surface area (TPSA) is 87.7 Å². The number of nitrogens with zero attached hydrogens (tertiary/aromatic N) is 4. The van der Waals surface area contributed by atoms with Crippen molar-refractivity contribution in [3.05, 3.63) is 41.1 Å². The molecule has 1 aromatic heterocycles. The summed E-state index contributed by atoms with van der Waals surface area (Å²) in [4.78, 5) is 37.3. The summed E-state index contributed by atoms with van der Waals surface area (Å²) in [6.07, 6.45) is 1.62. The molecule has 146 valence electrons. The number of ether oxygens (including phenoxy) is 1. The number of nitrogens with one attached hydrogen (secondary N) is 1. The van der Waals surface area contributed by atoms with Crippen LogP contribution in [0.3, 0.4) is 0 Å². The summed E-state index contributed by atoms with van der Waals surface area (Å²) in [5.74, 6) is 0.502. The summed E-state index contributed by atoms with van der Waals surface area (Å²) < 4.78 is 6.24. The molecule has 0 bridgehead atoms. The fourth-order valence-electron chi connectivity index (χ4n) is 3.39. The minimum absolute atomic E-state index is 0.0602. The lowest BCUT2D eigenvalue weighted by atomic mass is 10.1. The van der Waals surface area contributed by atoms with Crippen LogP contribution < -0.4 is 15.1 Å². The monoisotopic (exact) mass is 445 g/mol. The molecule has 1 N–H and O–H groups in total. The smallest absolute Gasteiger partial charge is 0.230 e. The van der Waals surface area contributed by atoms with Crippen LogP contribution in [0.2, 0.25) is 0 Å². The van der Waals surface area contributed by atoms with Gasteiger partial charge in [-0.05, 0) is 18.2 Å². The maximum absolute atomic E-state index is 12.7. The molecule has 9 heteroatoms. The van der Waals surface area contributed by atoms with Crippen molar-refractivity contribution in [2.24, 2.45) is 5.92 Å². The number of aromatic nitrogens is 2. The molecule has 0 unspecified atom stereocenters. The molecule has 2 fully saturated rings. The molecule has 2 saturated heterocycles. The van der Waals surface area contributed by atoms with Gasteiger partial charge in [0.05, 0.1) is 19.1 Å². The first-order valence-corrected chi connectivity index (χ1v) is 9.91. The van der Waals surface area contributed by atoms with Gasteiger partial charge in [0, 0.05) is 42.3 Å². The number of morpholine rings is 1. The van der Waals surface area contributed by atoms with Crippen LogP contribution in [-0.4, -0.2) is 54.6 Å². The van der Waals surface area contributed by atoms with Crippen molar-refractivity contribution in [3.63, 3.8) is 0 Å². The predicted octanol–water partition coefficient (Wildman–Crippen LogP) is 2.07. The third-order valence-corrected chi connectivity index (χ3v) is 5.35. The molecule has 28 heavy (non-hydrogen) atoms. The highest BCUT2D eigenvalue weighted by atomic mass is 79.9. The number of amides is 2. The molecule has 4 rings (SSSR count). The quantitative estimate of drug-likeness (QED) is 0.774. The molecule has 2 aromatic rings. The van der Waals surface area contributed by atoms with Crippen molar-refractivity contribution in [1.29, 1.82) is 0 Å². The van der Waals surface area contributed by atoms with Gasteiger partial charge in [-0.25, -0.2) is 9.97 Å². The first-order chi connectivity index (χ1) is 13.6. The number of rotatable bonds is 4. The summed E-state index contributed by atoms with van der Waals surface area (Å²) in [5.41, 5.74) is 0.784. The lowest BCUT2D eigenvalue weighted by molar-refractivity contribution is -0.122. The van der Waals surface area contributed by atoms with Crippen molar-refractivity contribution in [2.75, 3.05) is 48.0 Å². The molecule has 2 aliphatic heterocycles. The zero-order valence-corrected chi connectivity index (χ0v) is 16.8. The lowest BCUT2D eigenvalue weighted by Gasteiger charge is -2.27. The molecular weight excluding hydrogens is 426 g/mol. The van der Waals surface area contributed by atoms with Gasteiger partial charge in [-0.1, -0.05) is 22.0 Å². The second-order valence-corrected chi connectivity index (χ2v) is 7.65. The van der Waals surface area contributed by atoms with E-state index in [1.807, 2.05) is 24.3 Å². The number of hydrogen-bond donors (Lipinski definition) is 1. The molecular formula is C19H20BrN5O3. The highest BCUT2D eigenvalue weighted by molar-refractivity contribution is 9.10. The Bertz CT molecular complexity index is 887. The SMILES string of the molecule is O=C(Nc1cc(N2CCOCC2)ncn1)[C@@H]1CC(=O)N(c2cccc(Br)c2)C1. The summed E-state index contributed by atoms with van der Waals surface area (Å²) in [6.45, 7) is 3.16. The van der Waals surface area contributed by atoms with Crippen LogP contribution in [0, 0.1) is 5.92 Å². The molecule has 2 amide bonds. The molecule has 0 spiro atoms. The van der Waals surface area contributed by atoms with Gasteiger partial charge < -0.3 is 19.9 Å². The molecule has 1 atom stereocenters. The van der Waals surface area contributed by atoms with Gasteiger partial charge in [-0.2, -0.15) is 0 Å². The maximum atomic E-state index is 12.7. The first-order valence-electron chi connectivity index (χ1n) is 9.12. The van der Waals surface area contributed by atoms with Gasteiger partial charge in [0.25, 0.3) is 0 Å². The first kappa shape index (κ1) is 18.8. The van der Waals surface area contributed by atoms with Crippen LogP contribution in [0.15, 0.2) is 41.1 Å². The second kappa shape index (κ2) is 8.24. The Morgan fingerprint density at radius 1 is 1.21 bits per heavy atom. The van der Waals surface area contributed by atoms with Crippen LogP contribution >= 0.6 is 15.9 Å². The van der Waals surface area contributed by atoms with Gasteiger partial charge >= 0.3 is 0 Å². The van der Waals surface area contributed by atoms with E-state index in [2.05, 4.69) is 36.1 Å². The summed E-state index contributed by atoms with van der Waals surface area (Å²) in [7, 11) is 0. The number of carbonyl (C=O) groups is 2. The molecule has 2 aliphatic rings. The fraction of sp³-hybridized carbons (Fsp3) is 0.368. The third-order valence-electron chi connectivity index (χ3n) is 4.85. The van der Waals surface area contributed by atoms with Gasteiger partial charge in [0.1, 0.15) is 18.0 Å². The van der Waals surface area contributed by atoms with Crippen LogP contribution in [-0.2, 0) is 14.3 Å². The largest absolute Gasteiger partial charge is 0.378 e. The molecule has 0 radical (unpaired) electrons. The Morgan fingerprint density at radius 3 is 2.82 bits per heavy atom. The van der Waals surface area contributed by atoms with E-state index in [-0.39, 0.29) is 18.2 Å². The van der Waals surface area contributed by atoms with E-state index >= 15 is 0 Å². The minimum Gasteiger partial charge on any atom is -0.378 e. The zero-order chi connectivity index (χ0) is 19.5. The van der Waals surface area contributed by atoms with E-state index in [4.69, 9.17) is 4.74 Å². The normalized spacial score (nSPS) is 19.8. The number of hydrogen-bond acceptors (Lipinski definition) is 6. The van der Waals surface area contributed by atoms with Crippen LogP contribution in [0.4, 0.5) is 17.3 Å². The zero-order valence-electron chi connectivity index (χ0n) is 15.2. The van der Waals surface area contributed by atoms with Crippen LogP contribution in [0.1, 0.15) is 6.42 Å². The van der Waals surface area contributed by atoms with Gasteiger partial charge in [0.2, 0.25) is 11.8 Å². The lowest BCUT2D eigenvalue weighted by Crippen LogP contribution is -2.36. The highest BCUT2D eigenvalue weighted by Gasteiger charge is 2.35. The van der Waals surface area contributed by atoms with E-state index in [9.17, 15) is 9.59 Å². The standard InChI is InChI=1S/C19H20BrN5O3/c20-14-2-1-3-15(9-14)25-11-13(8-18(25)26)19(27)23-16-10-17(22-12-21-16)24-4-6-28-7-5-24/h1-3,9-10,12-13H,4-8,11H2,(H,21,22,23,27)/t13-/m1/s1. The number of halogens is 1. The maximum Gasteiger partial charge on any atom is 0.230 e. The van der Waals surface area contributed by atoms with E-state index in [1.165, 1.54) is 6.33 Å². The minimum atomic E-state index is -0.423. The molecule has 8 nitrogen and oxygen atoms in total. The Morgan fingerprint density at radius 2 is 2.04 bits per heavy atom. The Labute approximate surface area is 171 Å². The van der Waals surface area contributed by atoms with Gasteiger partial charge in [-0.3, -0.25) is 9.59 Å². The summed E-state index contributed by atoms with van der Waals surface area (Å²) >= 11 is 3.41. The summed E-state index contributed by atoms with van der Waals surface area (Å²) in [6, 6.07) is 9.26. The van der Waals surface area contributed by atoms with Crippen molar-refractivity contribution >= 4 is 45.1 Å². The molecule has 0 aliphatic carbocycles. The molecule has 3 heterocycles. The fourth-order valence-corrected chi connectivity index (χ4v) is 3.77. The van der Waals surface area contributed by atoms with Crippen LogP contribution in [0.25, 0.3) is 0 Å². The Kier molecular flexibility index (Phi) is 5.54. The van der Waals surface area contributed by atoms with Crippen molar-refractivity contribution < 1.29 is 14.3 Å². The Balaban J connectivity index is 1.42. The van der Waals surface area contributed by atoms with E-state index in [0.29, 0.717) is 25.6 Å². The number of carbonyl (C=O) groups excluding carboxylic acids is 2. The van der Waals surface area contributed by atoms with E-state index in [0.717, 1.165) is 29.1 Å². The highest BCUT2D eigenvalue weighted by Crippen LogP contribution is 2.28. The number of benzene rings is 1. The molecule has 0 saturated carbocycles. The number of anilines is 3. The summed E-state index contributed by atoms with van der Waals surface area (Å²) in [5, 5.41) is 2.83. The second-order valence-electron chi connectivity index (χ2n) is 6.74. The molecule has 1 aromatic carbocycles. The van der Waals surface area contributed by atoms with Crippen molar-refractivity contribution in [1.82, 2.24) is 9.97 Å². The van der Waals surface area contributed by atoms with Crippen molar-refractivity contribution in [2.45, 2.75) is 6.42 Å². The average molecular weight is 446 g/mol. The predicted molar refractivity (Wildman–Crippen MR) is 108 cm³/mol. The average Bonchev–Trinajstić information content (AvgIpc) is 3.11. The van der Waals surface area contributed by atoms with Crippen molar-refractivity contribution in [3.8, 4) is 0 Å². The van der Waals surface area contributed by atoms with E-state index in [1.54, 1.807) is 11.0 Å². The van der Waals surface area contributed by atoms with Gasteiger partial charge in [-0.15, -0.1) is 0 Å². The van der Waals surface area contributed by atoms with Gasteiger partial charge in [0.15, 0.2) is 0 Å². The van der Waals surface area contributed by atoms with E-state index < -0.39 is 5.92 Å². The van der Waals surface area contributed by atoms with Crippen LogP contribution in [0.5, 0.6) is 0 Å². The Hall–Kier alpha value is -2.52.